The van der Waals surface area contributed by atoms with E-state index in [1.165, 1.54) is 6.92 Å². The van der Waals surface area contributed by atoms with Crippen LogP contribution in [0.1, 0.15) is 12.5 Å². The number of rotatable bonds is 6. The monoisotopic (exact) mass is 323 g/mol. The topological polar surface area (TPSA) is 38.3 Å². The SMILES string of the molecule is CCOC(=O)/C=C(\NCc1ccccc1)C(F)(F)C(F)(F)F. The summed E-state index contributed by atoms with van der Waals surface area (Å²) >= 11 is 0. The molecule has 0 bridgehead atoms. The molecule has 0 saturated heterocycles. The largest absolute Gasteiger partial charge is 0.463 e. The molecule has 0 heterocycles. The van der Waals surface area contributed by atoms with Gasteiger partial charge in [0.1, 0.15) is 0 Å². The van der Waals surface area contributed by atoms with E-state index in [0.717, 1.165) is 0 Å². The van der Waals surface area contributed by atoms with E-state index in [2.05, 4.69) is 4.74 Å². The van der Waals surface area contributed by atoms with Gasteiger partial charge in [-0.3, -0.25) is 0 Å². The highest BCUT2D eigenvalue weighted by Gasteiger charge is 2.60. The maximum absolute atomic E-state index is 13.4. The number of halogens is 5. The molecule has 22 heavy (non-hydrogen) atoms. The van der Waals surface area contributed by atoms with Crippen LogP contribution in [-0.2, 0) is 16.1 Å². The van der Waals surface area contributed by atoms with Gasteiger partial charge in [-0.15, -0.1) is 0 Å². The van der Waals surface area contributed by atoms with Crippen molar-refractivity contribution in [3.05, 3.63) is 47.7 Å². The van der Waals surface area contributed by atoms with Gasteiger partial charge in [0.25, 0.3) is 0 Å². The smallest absolute Gasteiger partial charge is 0.459 e. The van der Waals surface area contributed by atoms with Crippen molar-refractivity contribution in [2.45, 2.75) is 25.6 Å². The van der Waals surface area contributed by atoms with Crippen LogP contribution >= 0.6 is 0 Å². The van der Waals surface area contributed by atoms with E-state index in [1.54, 1.807) is 30.3 Å². The van der Waals surface area contributed by atoms with E-state index in [1.807, 2.05) is 5.32 Å². The molecule has 1 aromatic carbocycles. The fraction of sp³-hybridized carbons (Fsp3) is 0.357. The number of hydrogen-bond acceptors (Lipinski definition) is 3. The fourth-order valence-electron chi connectivity index (χ4n) is 1.50. The highest BCUT2D eigenvalue weighted by atomic mass is 19.4. The molecule has 1 N–H and O–H groups in total. The molecule has 1 aromatic rings. The zero-order chi connectivity index (χ0) is 16.8. The third-order valence-electron chi connectivity index (χ3n) is 2.57. The molecule has 0 fully saturated rings. The van der Waals surface area contributed by atoms with E-state index in [9.17, 15) is 26.7 Å². The van der Waals surface area contributed by atoms with Crippen molar-refractivity contribution in [1.82, 2.24) is 5.32 Å². The molecule has 0 radical (unpaired) electrons. The van der Waals surface area contributed by atoms with Crippen LogP contribution in [0.25, 0.3) is 0 Å². The van der Waals surface area contributed by atoms with Crippen LogP contribution in [0, 0.1) is 0 Å². The summed E-state index contributed by atoms with van der Waals surface area (Å²) in [6.07, 6.45) is -5.70. The number of hydrogen-bond donors (Lipinski definition) is 1. The first kappa shape index (κ1) is 17.9. The van der Waals surface area contributed by atoms with Crippen molar-refractivity contribution in [2.24, 2.45) is 0 Å². The van der Waals surface area contributed by atoms with E-state index >= 15 is 0 Å². The average Bonchev–Trinajstić information content (AvgIpc) is 2.43. The molecule has 0 aliphatic rings. The summed E-state index contributed by atoms with van der Waals surface area (Å²) in [7, 11) is 0. The molecular formula is C14H14F5NO2. The maximum atomic E-state index is 13.4. The number of ether oxygens (including phenoxy) is 1. The van der Waals surface area contributed by atoms with Crippen molar-refractivity contribution in [3.63, 3.8) is 0 Å². The molecule has 1 rings (SSSR count). The van der Waals surface area contributed by atoms with Crippen molar-refractivity contribution >= 4 is 5.97 Å². The Balaban J connectivity index is 2.99. The Morgan fingerprint density at radius 1 is 1.18 bits per heavy atom. The molecule has 0 spiro atoms. The Kier molecular flexibility index (Phi) is 5.90. The Hall–Kier alpha value is -2.12. The van der Waals surface area contributed by atoms with Crippen molar-refractivity contribution in [1.29, 1.82) is 0 Å². The number of nitrogens with one attached hydrogen (secondary N) is 1. The Labute approximate surface area is 123 Å². The summed E-state index contributed by atoms with van der Waals surface area (Å²) in [4.78, 5) is 11.2. The normalized spacial score (nSPS) is 12.9. The predicted molar refractivity (Wildman–Crippen MR) is 69.0 cm³/mol. The van der Waals surface area contributed by atoms with Gasteiger partial charge in [-0.2, -0.15) is 22.0 Å². The second-order valence-corrected chi connectivity index (χ2v) is 4.22. The molecule has 0 saturated carbocycles. The van der Waals surface area contributed by atoms with Crippen LogP contribution < -0.4 is 5.32 Å². The Bertz CT molecular complexity index is 526. The van der Waals surface area contributed by atoms with E-state index < -0.39 is 23.8 Å². The minimum absolute atomic E-state index is 0.125. The number of carbonyl (C=O) groups excluding carboxylic acids is 1. The van der Waals surface area contributed by atoms with Gasteiger partial charge in [-0.25, -0.2) is 4.79 Å². The fourth-order valence-corrected chi connectivity index (χ4v) is 1.50. The molecular weight excluding hydrogens is 309 g/mol. The van der Waals surface area contributed by atoms with Crippen LogP contribution in [-0.4, -0.2) is 24.7 Å². The lowest BCUT2D eigenvalue weighted by Gasteiger charge is -2.23. The van der Waals surface area contributed by atoms with Gasteiger partial charge in [-0.1, -0.05) is 30.3 Å². The molecule has 0 aliphatic carbocycles. The third-order valence-corrected chi connectivity index (χ3v) is 2.57. The second-order valence-electron chi connectivity index (χ2n) is 4.22. The van der Waals surface area contributed by atoms with Gasteiger partial charge in [0, 0.05) is 12.6 Å². The highest BCUT2D eigenvalue weighted by molar-refractivity contribution is 5.83. The lowest BCUT2D eigenvalue weighted by atomic mass is 10.2. The van der Waals surface area contributed by atoms with Crippen molar-refractivity contribution < 1.29 is 31.5 Å². The Morgan fingerprint density at radius 3 is 2.27 bits per heavy atom. The van der Waals surface area contributed by atoms with Crippen molar-refractivity contribution in [3.8, 4) is 0 Å². The molecule has 122 valence electrons. The number of allylic oxidation sites excluding steroid dienone is 1. The summed E-state index contributed by atoms with van der Waals surface area (Å²) in [5, 5.41) is 1.96. The van der Waals surface area contributed by atoms with Gasteiger partial charge in [0.2, 0.25) is 0 Å². The first-order valence-electron chi connectivity index (χ1n) is 6.29. The van der Waals surface area contributed by atoms with Crippen molar-refractivity contribution in [2.75, 3.05) is 6.61 Å². The van der Waals surface area contributed by atoms with Crippen LogP contribution in [0.15, 0.2) is 42.1 Å². The second kappa shape index (κ2) is 7.24. The van der Waals surface area contributed by atoms with Crippen LogP contribution in [0.2, 0.25) is 0 Å². The van der Waals surface area contributed by atoms with Gasteiger partial charge in [-0.05, 0) is 12.5 Å². The van der Waals surface area contributed by atoms with E-state index in [-0.39, 0.29) is 19.2 Å². The average molecular weight is 323 g/mol. The quantitative estimate of drug-likeness (QED) is 0.495. The predicted octanol–water partition coefficient (Wildman–Crippen LogP) is 3.42. The lowest BCUT2D eigenvalue weighted by Crippen LogP contribution is -2.43. The summed E-state index contributed by atoms with van der Waals surface area (Å²) < 4.78 is 68.6. The van der Waals surface area contributed by atoms with Gasteiger partial charge < -0.3 is 10.1 Å². The van der Waals surface area contributed by atoms with Crippen LogP contribution in [0.5, 0.6) is 0 Å². The standard InChI is InChI=1S/C14H14F5NO2/c1-2-22-12(21)8-11(13(15,16)14(17,18)19)20-9-10-6-4-3-5-7-10/h3-8,20H,2,9H2,1H3/b11-8-. The third kappa shape index (κ3) is 4.71. The minimum Gasteiger partial charge on any atom is -0.463 e. The first-order chi connectivity index (χ1) is 10.2. The number of carbonyl (C=O) groups is 1. The van der Waals surface area contributed by atoms with E-state index in [0.29, 0.717) is 5.56 Å². The molecule has 0 amide bonds. The number of benzene rings is 1. The maximum Gasteiger partial charge on any atom is 0.459 e. The summed E-state index contributed by atoms with van der Waals surface area (Å²) in [6.45, 7) is 0.974. The Morgan fingerprint density at radius 2 is 1.77 bits per heavy atom. The zero-order valence-corrected chi connectivity index (χ0v) is 11.6. The summed E-state index contributed by atoms with van der Waals surface area (Å²) in [6, 6.07) is 7.96. The van der Waals surface area contributed by atoms with Gasteiger partial charge in [0.15, 0.2) is 0 Å². The molecule has 0 atom stereocenters. The van der Waals surface area contributed by atoms with Gasteiger partial charge in [0.05, 0.1) is 12.3 Å². The highest BCUT2D eigenvalue weighted by Crippen LogP contribution is 2.40. The summed E-state index contributed by atoms with van der Waals surface area (Å²) in [5.74, 6) is -6.46. The molecule has 3 nitrogen and oxygen atoms in total. The van der Waals surface area contributed by atoms with E-state index in [4.69, 9.17) is 0 Å². The van der Waals surface area contributed by atoms with Crippen LogP contribution in [0.3, 0.4) is 0 Å². The zero-order valence-electron chi connectivity index (χ0n) is 11.6. The molecule has 8 heteroatoms. The number of alkyl halides is 5. The summed E-state index contributed by atoms with van der Waals surface area (Å²) in [5.41, 5.74) is -1.07. The first-order valence-corrected chi connectivity index (χ1v) is 6.29. The molecule has 0 aliphatic heterocycles. The van der Waals surface area contributed by atoms with Gasteiger partial charge >= 0.3 is 18.1 Å². The van der Waals surface area contributed by atoms with Crippen LogP contribution in [0.4, 0.5) is 22.0 Å². The molecule has 0 aromatic heterocycles. The minimum atomic E-state index is -5.82. The lowest BCUT2D eigenvalue weighted by molar-refractivity contribution is -0.266. The number of esters is 1. The molecule has 0 unspecified atom stereocenters.